The molecule has 30 heavy (non-hydrogen) atoms. The van der Waals surface area contributed by atoms with Crippen molar-refractivity contribution in [2.45, 2.75) is 24.2 Å². The number of hydrogen-bond donors (Lipinski definition) is 1. The van der Waals surface area contributed by atoms with Crippen molar-refractivity contribution in [1.29, 1.82) is 0 Å². The number of rotatable bonds is 7. The Balaban J connectivity index is 0.00000256. The van der Waals surface area contributed by atoms with E-state index in [4.69, 9.17) is 0 Å². The van der Waals surface area contributed by atoms with E-state index in [2.05, 4.69) is 60.1 Å². The monoisotopic (exact) mass is 536 g/mol. The van der Waals surface area contributed by atoms with E-state index in [9.17, 15) is 0 Å². The highest BCUT2D eigenvalue weighted by atomic mass is 127. The molecule has 1 saturated heterocycles. The molecule has 1 aromatic carbocycles. The molecule has 1 fully saturated rings. The summed E-state index contributed by atoms with van der Waals surface area (Å²) in [5.74, 6) is 3.90. The van der Waals surface area contributed by atoms with E-state index in [0.717, 1.165) is 55.7 Å². The second-order valence-electron chi connectivity index (χ2n) is 7.35. The number of aryl methyl sites for hydroxylation is 1. The molecule has 0 amide bonds. The Morgan fingerprint density at radius 1 is 1.17 bits per heavy atom. The third-order valence-electron chi connectivity index (χ3n) is 5.27. The molecule has 8 heteroatoms. The van der Waals surface area contributed by atoms with Gasteiger partial charge in [0.2, 0.25) is 0 Å². The van der Waals surface area contributed by atoms with Gasteiger partial charge in [-0.2, -0.15) is 0 Å². The fraction of sp³-hybridized carbons (Fsp3) is 0.409. The number of halogens is 1. The van der Waals surface area contributed by atoms with Crippen LogP contribution in [-0.4, -0.2) is 57.9 Å². The van der Waals surface area contributed by atoms with E-state index in [1.165, 1.54) is 11.3 Å². The third-order valence-corrected chi connectivity index (χ3v) is 6.51. The predicted molar refractivity (Wildman–Crippen MR) is 135 cm³/mol. The summed E-state index contributed by atoms with van der Waals surface area (Å²) in [6, 6.07) is 16.7. The molecule has 0 aliphatic carbocycles. The molecule has 4 rings (SSSR count). The Kier molecular flexibility index (Phi) is 8.80. The van der Waals surface area contributed by atoms with Crippen LogP contribution in [0.4, 0.5) is 0 Å². The van der Waals surface area contributed by atoms with Crippen LogP contribution < -0.4 is 5.32 Å². The van der Waals surface area contributed by atoms with Crippen molar-refractivity contribution in [3.05, 3.63) is 60.6 Å². The molecular formula is C22H29IN6S. The van der Waals surface area contributed by atoms with Gasteiger partial charge < -0.3 is 10.2 Å². The van der Waals surface area contributed by atoms with Gasteiger partial charge in [-0.1, -0.05) is 24.3 Å². The summed E-state index contributed by atoms with van der Waals surface area (Å²) in [7, 11) is 1.88. The zero-order valence-electron chi connectivity index (χ0n) is 17.3. The summed E-state index contributed by atoms with van der Waals surface area (Å²) in [5, 5.41) is 12.1. The normalized spacial score (nSPS) is 16.6. The lowest BCUT2D eigenvalue weighted by atomic mass is 10.2. The summed E-state index contributed by atoms with van der Waals surface area (Å²) in [6.07, 6.45) is 5.14. The predicted octanol–water partition coefficient (Wildman–Crippen LogP) is 3.97. The Morgan fingerprint density at radius 3 is 2.83 bits per heavy atom. The molecule has 0 radical (unpaired) electrons. The number of pyridine rings is 1. The zero-order chi connectivity index (χ0) is 19.9. The van der Waals surface area contributed by atoms with Gasteiger partial charge in [-0.3, -0.25) is 9.39 Å². The van der Waals surface area contributed by atoms with E-state index in [0.29, 0.717) is 5.92 Å². The summed E-state index contributed by atoms with van der Waals surface area (Å²) in [6.45, 7) is 3.04. The summed E-state index contributed by atoms with van der Waals surface area (Å²) < 4.78 is 2.06. The molecule has 1 aliphatic heterocycles. The van der Waals surface area contributed by atoms with Crippen molar-refractivity contribution in [1.82, 2.24) is 24.8 Å². The van der Waals surface area contributed by atoms with E-state index in [-0.39, 0.29) is 24.0 Å². The summed E-state index contributed by atoms with van der Waals surface area (Å²) in [5.41, 5.74) is 0.905. The van der Waals surface area contributed by atoms with Crippen LogP contribution in [0.25, 0.3) is 5.65 Å². The average molecular weight is 536 g/mol. The highest BCUT2D eigenvalue weighted by Crippen LogP contribution is 2.25. The number of guanidine groups is 1. The molecule has 6 nitrogen and oxygen atoms in total. The maximum Gasteiger partial charge on any atom is 0.193 e. The molecule has 2 aromatic heterocycles. The number of aliphatic imine (C=N–C) groups is 1. The highest BCUT2D eigenvalue weighted by molar-refractivity contribution is 14.0. The Bertz CT molecular complexity index is 945. The molecule has 1 unspecified atom stereocenters. The van der Waals surface area contributed by atoms with Crippen LogP contribution in [0.3, 0.4) is 0 Å². The van der Waals surface area contributed by atoms with E-state index < -0.39 is 0 Å². The molecule has 0 saturated carbocycles. The van der Waals surface area contributed by atoms with Crippen LogP contribution in [0, 0.1) is 5.92 Å². The lowest BCUT2D eigenvalue weighted by Crippen LogP contribution is -2.40. The summed E-state index contributed by atoms with van der Waals surface area (Å²) >= 11 is 1.96. The van der Waals surface area contributed by atoms with Crippen LogP contribution in [-0.2, 0) is 6.42 Å². The zero-order valence-corrected chi connectivity index (χ0v) is 20.4. The quantitative estimate of drug-likeness (QED) is 0.163. The Morgan fingerprint density at radius 2 is 2.00 bits per heavy atom. The van der Waals surface area contributed by atoms with Crippen molar-refractivity contribution in [3.63, 3.8) is 0 Å². The fourth-order valence-corrected chi connectivity index (χ4v) is 4.78. The van der Waals surface area contributed by atoms with Crippen LogP contribution in [0.2, 0.25) is 0 Å². The molecule has 0 spiro atoms. The van der Waals surface area contributed by atoms with E-state index in [1.54, 1.807) is 0 Å². The minimum absolute atomic E-state index is 0. The smallest absolute Gasteiger partial charge is 0.193 e. The molecule has 1 N–H and O–H groups in total. The molecule has 1 aliphatic rings. The average Bonchev–Trinajstić information content (AvgIpc) is 3.40. The van der Waals surface area contributed by atoms with Gasteiger partial charge in [0.1, 0.15) is 5.82 Å². The van der Waals surface area contributed by atoms with Gasteiger partial charge in [-0.15, -0.1) is 45.9 Å². The SMILES string of the molecule is CN=C(NCCCc1nnc2ccccn12)N1CCC(CSc2ccccc2)C1.I. The lowest BCUT2D eigenvalue weighted by molar-refractivity contribution is 0.473. The number of likely N-dealkylation sites (tertiary alicyclic amines) is 1. The Labute approximate surface area is 199 Å². The molecule has 3 aromatic rings. The number of nitrogens with zero attached hydrogens (tertiary/aromatic N) is 5. The number of nitrogens with one attached hydrogen (secondary N) is 1. The van der Waals surface area contributed by atoms with Crippen molar-refractivity contribution < 1.29 is 0 Å². The van der Waals surface area contributed by atoms with E-state index >= 15 is 0 Å². The van der Waals surface area contributed by atoms with Crippen molar-refractivity contribution >= 4 is 47.3 Å². The number of benzene rings is 1. The maximum atomic E-state index is 4.50. The standard InChI is InChI=1S/C22H28N6S.HI/c1-23-22(24-13-7-11-21-26-25-20-10-5-6-14-28(20)21)27-15-12-18(16-27)17-29-19-8-3-2-4-9-19;/h2-6,8-10,14,18H,7,11-13,15-17H2,1H3,(H,23,24);1H. The first-order chi connectivity index (χ1) is 14.3. The largest absolute Gasteiger partial charge is 0.356 e. The second kappa shape index (κ2) is 11.5. The Hall–Kier alpha value is -1.81. The third kappa shape index (κ3) is 5.87. The highest BCUT2D eigenvalue weighted by Gasteiger charge is 2.24. The van der Waals surface area contributed by atoms with Crippen molar-refractivity contribution in [2.24, 2.45) is 10.9 Å². The van der Waals surface area contributed by atoms with Gasteiger partial charge in [0.05, 0.1) is 0 Å². The molecular weight excluding hydrogens is 507 g/mol. The van der Waals surface area contributed by atoms with Gasteiger partial charge in [-0.05, 0) is 43.0 Å². The number of fused-ring (bicyclic) bond motifs is 1. The minimum atomic E-state index is 0. The van der Waals surface area contributed by atoms with Gasteiger partial charge in [-0.25, -0.2) is 0 Å². The van der Waals surface area contributed by atoms with E-state index in [1.807, 2.05) is 43.2 Å². The van der Waals surface area contributed by atoms with Crippen LogP contribution in [0.5, 0.6) is 0 Å². The number of hydrogen-bond acceptors (Lipinski definition) is 4. The lowest BCUT2D eigenvalue weighted by Gasteiger charge is -2.21. The first-order valence-corrected chi connectivity index (χ1v) is 11.2. The number of aromatic nitrogens is 3. The van der Waals surface area contributed by atoms with Gasteiger partial charge in [0.15, 0.2) is 11.6 Å². The van der Waals surface area contributed by atoms with Crippen LogP contribution in [0.15, 0.2) is 64.6 Å². The van der Waals surface area contributed by atoms with Crippen molar-refractivity contribution in [2.75, 3.05) is 32.4 Å². The fourth-order valence-electron chi connectivity index (χ4n) is 3.73. The maximum absolute atomic E-state index is 4.50. The first kappa shape index (κ1) is 22.9. The summed E-state index contributed by atoms with van der Waals surface area (Å²) in [4.78, 5) is 8.25. The van der Waals surface area contributed by atoms with Gasteiger partial charge >= 0.3 is 0 Å². The van der Waals surface area contributed by atoms with Gasteiger partial charge in [0.25, 0.3) is 0 Å². The number of thioether (sulfide) groups is 1. The topological polar surface area (TPSA) is 57.8 Å². The molecule has 3 heterocycles. The minimum Gasteiger partial charge on any atom is -0.356 e. The molecule has 0 bridgehead atoms. The molecule has 160 valence electrons. The van der Waals surface area contributed by atoms with Gasteiger partial charge in [0, 0.05) is 49.9 Å². The van der Waals surface area contributed by atoms with Crippen molar-refractivity contribution in [3.8, 4) is 0 Å². The second-order valence-corrected chi connectivity index (χ2v) is 8.44. The van der Waals surface area contributed by atoms with Crippen LogP contribution >= 0.6 is 35.7 Å². The first-order valence-electron chi connectivity index (χ1n) is 10.3. The van der Waals surface area contributed by atoms with Crippen LogP contribution in [0.1, 0.15) is 18.7 Å². The molecule has 1 atom stereocenters.